The number of ether oxygens (including phenoxy) is 13. The standard InChI is InChI=1S/C95H137N11O23/c1-63-17-9-8-10-18-64(2)82(116-6)58-73-20-16-33-95(115,129-73)91(112)92(113)105-34-13-11-22-78(105)93(114)127-83(59-79(107)65(3)54-67(5)89(110)90(111)88(109)66(4)53-63)75(97)55-70-28-30-81(84(56-70)117-7)126-36-14-12-19-72-62-104(103-101-72)35-38-119-40-42-121-44-46-123-48-50-125-52-51-124-49-47-122-45-43-120-41-39-118-37-32-85(108)99-60-68-24-26-69(27-25-68)61-106-77-23-15-21-74(96)86(77)87(102-106)71-29-31-80-76(57-71)100-94(98)128-80/h8-10,15,17-18,21,23-27,29,31,54,57,62-63,65-66,70,73,75,78,81-84,89-90,110-111,115H,11-14,16,19-20,22,28,30,32-53,55-56,58-61,96-97H2,1-7H3,(H2,98,100)(H,99,108)/b10-8?,17-9+,64-18?,67-54+/t63-,65-,66-,70+,73+,75-,78+,81-,82+,83+,84-,89-,90+,95-/m1/s1. The molecule has 0 spiro atoms. The first-order chi connectivity index (χ1) is 62.4. The Kier molecular flexibility index (Phi) is 42.4. The smallest absolute Gasteiger partial charge is 0.329 e. The molecule has 0 radical (unpaired) electrons. The summed E-state index contributed by atoms with van der Waals surface area (Å²) in [7, 11) is 3.20. The van der Waals surface area contributed by atoms with E-state index in [1.54, 1.807) is 32.7 Å². The van der Waals surface area contributed by atoms with Crippen molar-refractivity contribution < 1.29 is 110 Å². The van der Waals surface area contributed by atoms with Crippen molar-refractivity contribution >= 4 is 68.8 Å². The van der Waals surface area contributed by atoms with Gasteiger partial charge in [0.15, 0.2) is 11.4 Å². The van der Waals surface area contributed by atoms with E-state index in [-0.39, 0.29) is 86.8 Å². The highest BCUT2D eigenvalue weighted by molar-refractivity contribution is 6.39. The van der Waals surface area contributed by atoms with Crippen molar-refractivity contribution in [3.05, 3.63) is 131 Å². The van der Waals surface area contributed by atoms with Crippen LogP contribution < -0.4 is 22.5 Å². The fourth-order valence-corrected chi connectivity index (χ4v) is 16.7. The largest absolute Gasteiger partial charge is 0.459 e. The number of nitrogens with zero attached hydrogens (tertiary/aromatic N) is 7. The second-order valence-corrected chi connectivity index (χ2v) is 34.1. The van der Waals surface area contributed by atoms with Crippen molar-refractivity contribution in [2.45, 2.75) is 224 Å². The third-order valence-corrected chi connectivity index (χ3v) is 24.1. The number of benzene rings is 3. The van der Waals surface area contributed by atoms with Crippen LogP contribution in [-0.2, 0) is 116 Å². The zero-order valence-electron chi connectivity index (χ0n) is 76.1. The van der Waals surface area contributed by atoms with E-state index in [0.29, 0.717) is 206 Å². The number of Topliss-reactive ketones (excluding diaryl/α,β-unsaturated/α-hetero) is 3. The summed E-state index contributed by atoms with van der Waals surface area (Å²) in [4.78, 5) is 89.1. The number of cyclic esters (lactones) is 1. The lowest BCUT2D eigenvalue weighted by Gasteiger charge is -2.40. The Hall–Kier alpha value is -8.92. The number of nitrogen functional groups attached to an aromatic ring is 2. The molecule has 1 saturated carbocycles. The molecule has 3 aliphatic heterocycles. The number of aromatic nitrogens is 6. The van der Waals surface area contributed by atoms with Gasteiger partial charge >= 0.3 is 5.97 Å². The van der Waals surface area contributed by atoms with Crippen LogP contribution in [0.2, 0.25) is 0 Å². The first kappa shape index (κ1) is 102. The van der Waals surface area contributed by atoms with E-state index in [4.69, 9.17) is 88.3 Å². The van der Waals surface area contributed by atoms with Crippen LogP contribution in [-0.4, -0.2) is 279 Å². The van der Waals surface area contributed by atoms with Gasteiger partial charge in [-0.05, 0) is 162 Å². The molecule has 2 amide bonds. The first-order valence-electron chi connectivity index (χ1n) is 45.7. The second-order valence-electron chi connectivity index (χ2n) is 34.1. The number of carbonyl (C=O) groups is 6. The molecule has 3 aromatic carbocycles. The molecule has 3 aromatic heterocycles. The lowest BCUT2D eigenvalue weighted by Crippen LogP contribution is -2.58. The third kappa shape index (κ3) is 32.2. The Labute approximate surface area is 755 Å². The minimum Gasteiger partial charge on any atom is -0.459 e. The molecule has 34 nitrogen and oxygen atoms in total. The number of anilines is 2. The van der Waals surface area contributed by atoms with E-state index in [1.165, 1.54) is 13.0 Å². The van der Waals surface area contributed by atoms with Gasteiger partial charge in [0, 0.05) is 94.9 Å². The van der Waals surface area contributed by atoms with Crippen LogP contribution in [0.4, 0.5) is 11.7 Å². The number of fused-ring (bicyclic) bond motifs is 5. The van der Waals surface area contributed by atoms with E-state index >= 15 is 0 Å². The molecule has 2 bridgehead atoms. The summed E-state index contributed by atoms with van der Waals surface area (Å²) < 4.78 is 84.9. The molecule has 14 atom stereocenters. The number of nitrogens with one attached hydrogen (secondary N) is 1. The summed E-state index contributed by atoms with van der Waals surface area (Å²) in [5, 5.41) is 51.8. The Morgan fingerprint density at radius 2 is 1.38 bits per heavy atom. The Balaban J connectivity index is 0.531. The van der Waals surface area contributed by atoms with Crippen LogP contribution in [0.3, 0.4) is 0 Å². The third-order valence-electron chi connectivity index (χ3n) is 24.1. The number of aliphatic hydroxyl groups is 3. The van der Waals surface area contributed by atoms with Gasteiger partial charge in [0.1, 0.15) is 41.3 Å². The van der Waals surface area contributed by atoms with Crippen molar-refractivity contribution in [2.75, 3.05) is 145 Å². The fraction of sp³-hybridized carbons (Fsp3) is 0.621. The molecule has 6 heterocycles. The molecule has 10 rings (SSSR count). The highest BCUT2D eigenvalue weighted by Crippen LogP contribution is 2.38. The number of carbonyl (C=O) groups excluding carboxylic acids is 6. The minimum atomic E-state index is -2.45. The number of oxazole rings is 1. The van der Waals surface area contributed by atoms with Crippen LogP contribution in [0.25, 0.3) is 33.3 Å². The number of unbranched alkanes of at least 4 members (excludes halogenated alkanes) is 1. The van der Waals surface area contributed by atoms with Crippen LogP contribution in [0, 0.1) is 23.7 Å². The van der Waals surface area contributed by atoms with Crippen LogP contribution in [0.5, 0.6) is 0 Å². The van der Waals surface area contributed by atoms with Gasteiger partial charge in [-0.3, -0.25) is 28.7 Å². The number of amides is 2. The number of aliphatic hydroxyl groups excluding tert-OH is 2. The maximum Gasteiger partial charge on any atom is 0.329 e. The molecule has 34 heteroatoms. The molecule has 1 aliphatic carbocycles. The summed E-state index contributed by atoms with van der Waals surface area (Å²) in [6.07, 6.45) is 13.7. The van der Waals surface area contributed by atoms with Crippen molar-refractivity contribution in [3.63, 3.8) is 0 Å². The Bertz CT molecular complexity index is 4610. The van der Waals surface area contributed by atoms with Gasteiger partial charge in [0.2, 0.25) is 11.7 Å². The van der Waals surface area contributed by atoms with Crippen molar-refractivity contribution in [1.82, 2.24) is 40.0 Å². The summed E-state index contributed by atoms with van der Waals surface area (Å²) >= 11 is 0. The fourth-order valence-electron chi connectivity index (χ4n) is 16.7. The maximum absolute atomic E-state index is 14.6. The van der Waals surface area contributed by atoms with Crippen molar-refractivity contribution in [3.8, 4) is 11.3 Å². The van der Waals surface area contributed by atoms with Crippen LogP contribution in [0.15, 0.2) is 119 Å². The van der Waals surface area contributed by atoms with Crippen molar-refractivity contribution in [1.29, 1.82) is 0 Å². The first-order valence-corrected chi connectivity index (χ1v) is 45.7. The quantitative estimate of drug-likeness (QED) is 0.00617. The lowest BCUT2D eigenvalue weighted by molar-refractivity contribution is -0.245. The molecule has 3 fully saturated rings. The van der Waals surface area contributed by atoms with E-state index in [2.05, 4.69) is 20.6 Å². The van der Waals surface area contributed by atoms with E-state index in [9.17, 15) is 44.1 Å². The molecule has 710 valence electrons. The molecule has 2 saturated heterocycles. The number of hydrogen-bond donors (Lipinski definition) is 7. The molecular weight excluding hydrogens is 1660 g/mol. The summed E-state index contributed by atoms with van der Waals surface area (Å²) in [5.74, 6) is -8.19. The van der Waals surface area contributed by atoms with E-state index in [1.807, 2.05) is 116 Å². The Morgan fingerprint density at radius 3 is 2.06 bits per heavy atom. The number of piperidine rings is 1. The predicted octanol–water partition coefficient (Wildman–Crippen LogP) is 8.82. The van der Waals surface area contributed by atoms with E-state index < -0.39 is 89.5 Å². The summed E-state index contributed by atoms with van der Waals surface area (Å²) in [6.45, 7) is 17.2. The zero-order chi connectivity index (χ0) is 92.0. The second kappa shape index (κ2) is 53.6. The monoisotopic (exact) mass is 1800 g/mol. The number of esters is 1. The highest BCUT2D eigenvalue weighted by atomic mass is 16.6. The average Bonchev–Trinajstić information content (AvgIpc) is 1.61. The van der Waals surface area contributed by atoms with Crippen LogP contribution in [0.1, 0.15) is 154 Å². The number of allylic oxidation sites excluding steroid dienone is 6. The zero-order valence-corrected chi connectivity index (χ0v) is 76.1. The topological polar surface area (TPSA) is 451 Å². The molecule has 129 heavy (non-hydrogen) atoms. The van der Waals surface area contributed by atoms with Gasteiger partial charge in [-0.25, -0.2) is 9.48 Å². The Morgan fingerprint density at radius 1 is 0.705 bits per heavy atom. The number of hydrogen-bond acceptors (Lipinski definition) is 30. The maximum atomic E-state index is 14.6. The summed E-state index contributed by atoms with van der Waals surface area (Å²) in [5.41, 5.74) is 27.6. The van der Waals surface area contributed by atoms with Gasteiger partial charge in [-0.15, -0.1) is 5.10 Å². The lowest BCUT2D eigenvalue weighted by atomic mass is 9.80. The van der Waals surface area contributed by atoms with Gasteiger partial charge < -0.3 is 109 Å². The number of aryl methyl sites for hydroxylation is 1. The van der Waals surface area contributed by atoms with Crippen molar-refractivity contribution in [2.24, 2.45) is 29.4 Å². The van der Waals surface area contributed by atoms with Gasteiger partial charge in [0.05, 0.1) is 160 Å². The summed E-state index contributed by atoms with van der Waals surface area (Å²) in [6, 6.07) is 17.5. The number of rotatable bonds is 43. The van der Waals surface area contributed by atoms with Crippen LogP contribution >= 0.6 is 0 Å². The number of nitrogens with two attached hydrogens (primary N) is 3. The van der Waals surface area contributed by atoms with Gasteiger partial charge in [-0.1, -0.05) is 92.8 Å². The van der Waals surface area contributed by atoms with E-state index in [0.717, 1.165) is 62.3 Å². The number of ketones is 3. The van der Waals surface area contributed by atoms with Gasteiger partial charge in [-0.2, -0.15) is 10.1 Å². The molecule has 0 unspecified atom stereocenters. The highest BCUT2D eigenvalue weighted by Gasteiger charge is 2.50. The minimum absolute atomic E-state index is 0.0253. The molecular formula is C95H137N11O23. The average molecular weight is 1800 g/mol. The molecule has 4 aliphatic rings. The molecule has 6 aromatic rings. The normalized spacial score (nSPS) is 25.0. The number of methoxy groups -OCH3 is 2. The SMILES string of the molecule is CO[C@H]1C[C@@H]2CCC[C@@](O)(O2)C(=O)C(=O)N2CCCC[C@H]2C(=O)O[C@H]([C@H](N)C[C@@H]2CC[C@@H](OCCCCc3cn(CCOCCOCCOCCOCCOCCOCCOCCOCCC(=O)NCc4ccc(Cn5nc(-c6ccc7oc(N)nc7c6)c6c(N)cccc65)cc4)nn3)[C@H](OC)C2)CC(=O)[C@H](C)/C=C(\C)[C@@H](O)[C@@H](O)C(=O)[C@H](C)C[C@H](C)/C=C/C=CC=C1C. The molecule has 10 N–H and O–H groups in total. The van der Waals surface area contributed by atoms with Gasteiger partial charge in [0.25, 0.3) is 17.7 Å². The predicted molar refractivity (Wildman–Crippen MR) is 481 cm³/mol.